The number of ether oxygens (including phenoxy) is 1. The fourth-order valence-electron chi connectivity index (χ4n) is 2.84. The molecule has 2 heterocycles. The monoisotopic (exact) mass is 231 g/mol. The van der Waals surface area contributed by atoms with Crippen molar-refractivity contribution >= 4 is 5.91 Å². The SMILES string of the molecule is CC1CCC(=O)N2C(c3ccccc3)COC12. The van der Waals surface area contributed by atoms with E-state index in [1.165, 1.54) is 5.56 Å². The Morgan fingerprint density at radius 1 is 1.29 bits per heavy atom. The van der Waals surface area contributed by atoms with Gasteiger partial charge in [0.15, 0.2) is 0 Å². The standard InChI is InChI=1S/C14H17NO2/c1-10-7-8-13(16)15-12(9-17-14(10)15)11-5-3-2-4-6-11/h2-6,10,12,14H,7-9H2,1H3. The van der Waals surface area contributed by atoms with Crippen molar-refractivity contribution < 1.29 is 9.53 Å². The molecule has 3 unspecified atom stereocenters. The molecule has 0 N–H and O–H groups in total. The molecule has 0 spiro atoms. The number of amides is 1. The normalized spacial score (nSPS) is 32.6. The molecule has 0 aromatic heterocycles. The number of rotatable bonds is 1. The van der Waals surface area contributed by atoms with E-state index in [9.17, 15) is 4.79 Å². The van der Waals surface area contributed by atoms with E-state index in [1.807, 2.05) is 23.1 Å². The van der Waals surface area contributed by atoms with Crippen molar-refractivity contribution in [2.45, 2.75) is 32.0 Å². The average Bonchev–Trinajstić information content (AvgIpc) is 2.81. The Balaban J connectivity index is 1.91. The van der Waals surface area contributed by atoms with Gasteiger partial charge in [-0.25, -0.2) is 0 Å². The summed E-state index contributed by atoms with van der Waals surface area (Å²) < 4.78 is 5.81. The van der Waals surface area contributed by atoms with Gasteiger partial charge in [-0.05, 0) is 12.0 Å². The van der Waals surface area contributed by atoms with Gasteiger partial charge in [0, 0.05) is 12.3 Å². The summed E-state index contributed by atoms with van der Waals surface area (Å²) in [5.41, 5.74) is 1.18. The number of carbonyl (C=O) groups is 1. The van der Waals surface area contributed by atoms with E-state index in [1.54, 1.807) is 0 Å². The molecule has 1 aromatic rings. The van der Waals surface area contributed by atoms with Crippen LogP contribution in [0.3, 0.4) is 0 Å². The molecule has 1 aromatic carbocycles. The van der Waals surface area contributed by atoms with Crippen LogP contribution in [0.2, 0.25) is 0 Å². The fourth-order valence-corrected chi connectivity index (χ4v) is 2.84. The summed E-state index contributed by atoms with van der Waals surface area (Å²) in [5.74, 6) is 0.681. The molecule has 3 rings (SSSR count). The van der Waals surface area contributed by atoms with Crippen molar-refractivity contribution in [3.05, 3.63) is 35.9 Å². The van der Waals surface area contributed by atoms with E-state index in [0.717, 1.165) is 6.42 Å². The molecule has 2 aliphatic heterocycles. The average molecular weight is 231 g/mol. The van der Waals surface area contributed by atoms with Gasteiger partial charge in [-0.2, -0.15) is 0 Å². The summed E-state index contributed by atoms with van der Waals surface area (Å²) in [4.78, 5) is 14.0. The molecular weight excluding hydrogens is 214 g/mol. The molecule has 3 heteroatoms. The molecular formula is C14H17NO2. The molecule has 0 radical (unpaired) electrons. The van der Waals surface area contributed by atoms with Crippen LogP contribution >= 0.6 is 0 Å². The van der Waals surface area contributed by atoms with Crippen molar-refractivity contribution in [1.29, 1.82) is 0 Å². The highest BCUT2D eigenvalue weighted by molar-refractivity contribution is 5.78. The molecule has 0 bridgehead atoms. The maximum absolute atomic E-state index is 12.1. The minimum Gasteiger partial charge on any atom is -0.355 e. The zero-order valence-electron chi connectivity index (χ0n) is 10.0. The fraction of sp³-hybridized carbons (Fsp3) is 0.500. The van der Waals surface area contributed by atoms with Crippen LogP contribution in [0.4, 0.5) is 0 Å². The van der Waals surface area contributed by atoms with Gasteiger partial charge >= 0.3 is 0 Å². The first-order chi connectivity index (χ1) is 8.27. The summed E-state index contributed by atoms with van der Waals surface area (Å²) in [6.45, 7) is 2.79. The topological polar surface area (TPSA) is 29.5 Å². The number of piperidine rings is 1. The van der Waals surface area contributed by atoms with Gasteiger partial charge in [0.25, 0.3) is 0 Å². The Morgan fingerprint density at radius 2 is 2.06 bits per heavy atom. The number of carbonyl (C=O) groups excluding carboxylic acids is 1. The highest BCUT2D eigenvalue weighted by Crippen LogP contribution is 2.38. The Hall–Kier alpha value is -1.35. The maximum atomic E-state index is 12.1. The highest BCUT2D eigenvalue weighted by Gasteiger charge is 2.43. The predicted octanol–water partition coefficient (Wildman–Crippen LogP) is 2.34. The molecule has 90 valence electrons. The molecule has 2 saturated heterocycles. The Labute approximate surface area is 101 Å². The first kappa shape index (κ1) is 10.8. The van der Waals surface area contributed by atoms with Crippen molar-refractivity contribution in [1.82, 2.24) is 4.90 Å². The lowest BCUT2D eigenvalue weighted by Crippen LogP contribution is -2.45. The molecule has 2 aliphatic rings. The van der Waals surface area contributed by atoms with Gasteiger partial charge in [0.2, 0.25) is 5.91 Å². The maximum Gasteiger partial charge on any atom is 0.225 e. The second kappa shape index (κ2) is 4.15. The third kappa shape index (κ3) is 1.75. The van der Waals surface area contributed by atoms with Crippen molar-refractivity contribution in [3.63, 3.8) is 0 Å². The molecule has 17 heavy (non-hydrogen) atoms. The molecule has 0 aliphatic carbocycles. The lowest BCUT2D eigenvalue weighted by atomic mass is 9.95. The smallest absolute Gasteiger partial charge is 0.225 e. The van der Waals surface area contributed by atoms with Crippen LogP contribution in [0, 0.1) is 5.92 Å². The van der Waals surface area contributed by atoms with Gasteiger partial charge in [0.05, 0.1) is 12.6 Å². The molecule has 1 amide bonds. The minimum absolute atomic E-state index is 0.0125. The highest BCUT2D eigenvalue weighted by atomic mass is 16.5. The minimum atomic E-state index is -0.0125. The van der Waals surface area contributed by atoms with Gasteiger partial charge in [0.1, 0.15) is 6.23 Å². The predicted molar refractivity (Wildman–Crippen MR) is 64.2 cm³/mol. The third-order valence-electron chi connectivity index (χ3n) is 3.81. The van der Waals surface area contributed by atoms with Crippen molar-refractivity contribution in [2.75, 3.05) is 6.61 Å². The van der Waals surface area contributed by atoms with Crippen LogP contribution in [0.15, 0.2) is 30.3 Å². The number of hydrogen-bond donors (Lipinski definition) is 0. The van der Waals surface area contributed by atoms with Crippen LogP contribution in [0.5, 0.6) is 0 Å². The zero-order chi connectivity index (χ0) is 11.8. The summed E-state index contributed by atoms with van der Waals surface area (Å²) in [5, 5.41) is 0. The summed E-state index contributed by atoms with van der Waals surface area (Å²) in [7, 11) is 0. The Bertz CT molecular complexity index is 417. The van der Waals surface area contributed by atoms with E-state index in [0.29, 0.717) is 18.9 Å². The van der Waals surface area contributed by atoms with Crippen LogP contribution < -0.4 is 0 Å². The van der Waals surface area contributed by atoms with E-state index >= 15 is 0 Å². The molecule has 3 atom stereocenters. The number of fused-ring (bicyclic) bond motifs is 1. The summed E-state index contributed by atoms with van der Waals surface area (Å²) in [6, 6.07) is 10.3. The first-order valence-electron chi connectivity index (χ1n) is 6.25. The Kier molecular flexibility index (Phi) is 2.63. The van der Waals surface area contributed by atoms with Crippen molar-refractivity contribution in [3.8, 4) is 0 Å². The summed E-state index contributed by atoms with van der Waals surface area (Å²) >= 11 is 0. The Morgan fingerprint density at radius 3 is 2.82 bits per heavy atom. The van der Waals surface area contributed by atoms with E-state index < -0.39 is 0 Å². The zero-order valence-corrected chi connectivity index (χ0v) is 10.0. The first-order valence-corrected chi connectivity index (χ1v) is 6.25. The van der Waals surface area contributed by atoms with E-state index in [2.05, 4.69) is 19.1 Å². The van der Waals surface area contributed by atoms with Crippen LogP contribution in [0.25, 0.3) is 0 Å². The quantitative estimate of drug-likeness (QED) is 0.742. The lowest BCUT2D eigenvalue weighted by Gasteiger charge is -2.36. The molecule has 0 saturated carbocycles. The second-order valence-corrected chi connectivity index (χ2v) is 4.97. The van der Waals surface area contributed by atoms with E-state index in [4.69, 9.17) is 4.74 Å². The second-order valence-electron chi connectivity index (χ2n) is 4.97. The number of benzene rings is 1. The van der Waals surface area contributed by atoms with Crippen LogP contribution in [-0.2, 0) is 9.53 Å². The van der Waals surface area contributed by atoms with Gasteiger partial charge in [-0.3, -0.25) is 4.79 Å². The third-order valence-corrected chi connectivity index (χ3v) is 3.81. The largest absolute Gasteiger partial charge is 0.355 e. The van der Waals surface area contributed by atoms with Crippen LogP contribution in [-0.4, -0.2) is 23.6 Å². The molecule has 2 fully saturated rings. The lowest BCUT2D eigenvalue weighted by molar-refractivity contribution is -0.146. The summed E-state index contributed by atoms with van der Waals surface area (Å²) in [6.07, 6.45) is 1.59. The number of nitrogens with zero attached hydrogens (tertiary/aromatic N) is 1. The van der Waals surface area contributed by atoms with Gasteiger partial charge in [-0.1, -0.05) is 37.3 Å². The van der Waals surface area contributed by atoms with Gasteiger partial charge in [-0.15, -0.1) is 0 Å². The number of hydrogen-bond acceptors (Lipinski definition) is 2. The van der Waals surface area contributed by atoms with E-state index in [-0.39, 0.29) is 18.2 Å². The van der Waals surface area contributed by atoms with Crippen molar-refractivity contribution in [2.24, 2.45) is 5.92 Å². The van der Waals surface area contributed by atoms with Crippen LogP contribution in [0.1, 0.15) is 31.4 Å². The molecule has 3 nitrogen and oxygen atoms in total. The van der Waals surface area contributed by atoms with Gasteiger partial charge < -0.3 is 9.64 Å².